The molecule has 0 bridgehead atoms. The summed E-state index contributed by atoms with van der Waals surface area (Å²) in [5.74, 6) is 0. The highest BCUT2D eigenvalue weighted by molar-refractivity contribution is 7.80. The Kier molecular flexibility index (Phi) is 19.4. The number of unbranched alkanes of at least 4 members (excludes halogenated alkanes) is 9. The number of hydroxylamine groups is 1. The first-order chi connectivity index (χ1) is 11.8. The lowest BCUT2D eigenvalue weighted by Gasteiger charge is -2.06. The fourth-order valence-corrected chi connectivity index (χ4v) is 2.37. The van der Waals surface area contributed by atoms with Gasteiger partial charge in [-0.1, -0.05) is 69.8 Å². The summed E-state index contributed by atoms with van der Waals surface area (Å²) in [6, 6.07) is 0. The highest BCUT2D eigenvalue weighted by Gasteiger charge is 1.94. The van der Waals surface area contributed by atoms with Crippen molar-refractivity contribution in [3.8, 4) is 0 Å². The van der Waals surface area contributed by atoms with Crippen molar-refractivity contribution in [3.05, 3.63) is 24.3 Å². The summed E-state index contributed by atoms with van der Waals surface area (Å²) in [4.78, 5) is 5.17. The van der Waals surface area contributed by atoms with Gasteiger partial charge in [0.25, 0.3) is 5.17 Å². The summed E-state index contributed by atoms with van der Waals surface area (Å²) < 4.78 is 4.77. The van der Waals surface area contributed by atoms with Crippen LogP contribution in [-0.2, 0) is 9.57 Å². The number of nitrogens with one attached hydrogen (secondary N) is 1. The molecule has 0 aliphatic rings. The average molecular weight is 356 g/mol. The van der Waals surface area contributed by atoms with E-state index in [1.165, 1.54) is 71.3 Å². The van der Waals surface area contributed by atoms with Crippen molar-refractivity contribution >= 4 is 17.4 Å². The first-order valence-electron chi connectivity index (χ1n) is 9.57. The molecule has 0 spiro atoms. The van der Waals surface area contributed by atoms with E-state index in [9.17, 15) is 0 Å². The van der Waals surface area contributed by atoms with E-state index < -0.39 is 0 Å². The molecule has 0 aliphatic carbocycles. The van der Waals surface area contributed by atoms with Gasteiger partial charge in [0, 0.05) is 0 Å². The largest absolute Gasteiger partial charge is 0.473 e. The monoisotopic (exact) mass is 355 g/mol. The third-order valence-electron chi connectivity index (χ3n) is 3.79. The van der Waals surface area contributed by atoms with Crippen LogP contribution in [0.2, 0.25) is 0 Å². The summed E-state index contributed by atoms with van der Waals surface area (Å²) in [6.07, 6.45) is 24.3. The molecule has 0 heterocycles. The second-order valence-electron chi connectivity index (χ2n) is 6.03. The van der Waals surface area contributed by atoms with Crippen LogP contribution in [0.4, 0.5) is 0 Å². The van der Waals surface area contributed by atoms with Crippen molar-refractivity contribution in [1.29, 1.82) is 0 Å². The molecule has 0 aliphatic heterocycles. The number of allylic oxidation sites excluding steroid dienone is 4. The zero-order chi connectivity index (χ0) is 17.7. The highest BCUT2D eigenvalue weighted by atomic mass is 32.1. The Morgan fingerprint density at radius 2 is 1.42 bits per heavy atom. The van der Waals surface area contributed by atoms with Gasteiger partial charge in [0.2, 0.25) is 0 Å². The number of hydrogen-bond donors (Lipinski definition) is 1. The molecule has 140 valence electrons. The van der Waals surface area contributed by atoms with Gasteiger partial charge in [0.05, 0.1) is 13.7 Å². The van der Waals surface area contributed by atoms with Crippen LogP contribution in [0.15, 0.2) is 24.3 Å². The van der Waals surface area contributed by atoms with E-state index in [2.05, 4.69) is 36.7 Å². The predicted molar refractivity (Wildman–Crippen MR) is 108 cm³/mol. The van der Waals surface area contributed by atoms with Gasteiger partial charge >= 0.3 is 0 Å². The van der Waals surface area contributed by atoms with Crippen LogP contribution in [0.5, 0.6) is 0 Å². The van der Waals surface area contributed by atoms with Gasteiger partial charge in [0.15, 0.2) is 0 Å². The van der Waals surface area contributed by atoms with Crippen molar-refractivity contribution in [2.24, 2.45) is 0 Å². The van der Waals surface area contributed by atoms with Gasteiger partial charge in [-0.05, 0) is 50.7 Å². The summed E-state index contributed by atoms with van der Waals surface area (Å²) in [7, 11) is 1.53. The third-order valence-corrected chi connectivity index (χ3v) is 4.04. The smallest absolute Gasteiger partial charge is 0.280 e. The molecule has 0 unspecified atom stereocenters. The highest BCUT2D eigenvalue weighted by Crippen LogP contribution is 2.08. The van der Waals surface area contributed by atoms with E-state index >= 15 is 0 Å². The zero-order valence-corrected chi connectivity index (χ0v) is 16.5. The Bertz CT molecular complexity index is 330. The quantitative estimate of drug-likeness (QED) is 0.153. The Labute approximate surface area is 154 Å². The molecule has 0 radical (unpaired) electrons. The molecule has 24 heavy (non-hydrogen) atoms. The minimum Gasteiger partial charge on any atom is -0.473 e. The van der Waals surface area contributed by atoms with Crippen LogP contribution in [0.1, 0.15) is 84.0 Å². The Morgan fingerprint density at radius 3 is 2.04 bits per heavy atom. The van der Waals surface area contributed by atoms with Crippen LogP contribution in [0.3, 0.4) is 0 Å². The molecule has 0 atom stereocenters. The number of thiocarbonyl (C=S) groups is 1. The lowest BCUT2D eigenvalue weighted by atomic mass is 10.1. The minimum atomic E-state index is 0.287. The maximum Gasteiger partial charge on any atom is 0.280 e. The molecule has 0 fully saturated rings. The normalized spacial score (nSPS) is 11.4. The number of methoxy groups -OCH3 is 1. The molecular formula is C20H37NO2S. The molecule has 0 aromatic rings. The topological polar surface area (TPSA) is 30.5 Å². The lowest BCUT2D eigenvalue weighted by molar-refractivity contribution is 0.0686. The Hall–Kier alpha value is -0.870. The van der Waals surface area contributed by atoms with E-state index in [-0.39, 0.29) is 5.17 Å². The predicted octanol–water partition coefficient (Wildman–Crippen LogP) is 6.25. The van der Waals surface area contributed by atoms with Crippen LogP contribution in [0, 0.1) is 0 Å². The fraction of sp³-hybridized carbons (Fsp3) is 0.750. The van der Waals surface area contributed by atoms with Crippen molar-refractivity contribution in [1.82, 2.24) is 5.48 Å². The molecule has 0 aromatic carbocycles. The number of rotatable bonds is 16. The molecule has 0 saturated heterocycles. The second-order valence-corrected chi connectivity index (χ2v) is 6.40. The van der Waals surface area contributed by atoms with Gasteiger partial charge in [0.1, 0.15) is 0 Å². The summed E-state index contributed by atoms with van der Waals surface area (Å²) in [6.45, 7) is 2.93. The molecule has 0 amide bonds. The maximum absolute atomic E-state index is 5.17. The Balaban J connectivity index is 3.16. The van der Waals surface area contributed by atoms with Crippen molar-refractivity contribution in [2.45, 2.75) is 84.0 Å². The van der Waals surface area contributed by atoms with Crippen molar-refractivity contribution in [3.63, 3.8) is 0 Å². The van der Waals surface area contributed by atoms with E-state index in [1.54, 1.807) is 0 Å². The minimum absolute atomic E-state index is 0.287. The zero-order valence-electron chi connectivity index (χ0n) is 15.7. The summed E-state index contributed by atoms with van der Waals surface area (Å²) in [5.41, 5.74) is 2.58. The third kappa shape index (κ3) is 19.2. The van der Waals surface area contributed by atoms with Gasteiger partial charge in [-0.15, -0.1) is 0 Å². The maximum atomic E-state index is 5.17. The van der Waals surface area contributed by atoms with Crippen LogP contribution < -0.4 is 5.48 Å². The average Bonchev–Trinajstić information content (AvgIpc) is 2.60. The molecule has 0 saturated carbocycles. The molecule has 0 rings (SSSR count). The van der Waals surface area contributed by atoms with Crippen molar-refractivity contribution < 1.29 is 9.57 Å². The second kappa shape index (κ2) is 20.2. The van der Waals surface area contributed by atoms with E-state index in [1.807, 2.05) is 0 Å². The first-order valence-corrected chi connectivity index (χ1v) is 9.97. The standard InChI is InChI=1S/C20H37NO2S/c1-3-4-5-6-7-8-9-10-11-12-13-14-15-16-17-18-19-23-21-20(24)22-2/h7-8,10-11H,3-6,9,12-19H2,1-2H3,(H,21,24)/b8-7-,11-10-. The van der Waals surface area contributed by atoms with Gasteiger partial charge in [-0.25, -0.2) is 5.48 Å². The molecule has 0 aromatic heterocycles. The number of ether oxygens (including phenoxy) is 1. The summed E-state index contributed by atoms with van der Waals surface area (Å²) in [5, 5.41) is 0.287. The molecule has 1 N–H and O–H groups in total. The van der Waals surface area contributed by atoms with Crippen LogP contribution >= 0.6 is 12.2 Å². The molecular weight excluding hydrogens is 318 g/mol. The number of hydrogen-bond acceptors (Lipinski definition) is 3. The fourth-order valence-electron chi connectivity index (χ4n) is 2.31. The van der Waals surface area contributed by atoms with E-state index in [0.717, 1.165) is 12.8 Å². The van der Waals surface area contributed by atoms with Crippen LogP contribution in [-0.4, -0.2) is 18.9 Å². The van der Waals surface area contributed by atoms with E-state index in [4.69, 9.17) is 21.8 Å². The summed E-state index contributed by atoms with van der Waals surface area (Å²) >= 11 is 4.80. The van der Waals surface area contributed by atoms with E-state index in [0.29, 0.717) is 6.61 Å². The molecule has 3 nitrogen and oxygen atoms in total. The lowest BCUT2D eigenvalue weighted by Crippen LogP contribution is -2.23. The Morgan fingerprint density at radius 1 is 0.833 bits per heavy atom. The van der Waals surface area contributed by atoms with Crippen molar-refractivity contribution in [2.75, 3.05) is 13.7 Å². The van der Waals surface area contributed by atoms with Crippen LogP contribution in [0.25, 0.3) is 0 Å². The van der Waals surface area contributed by atoms with Gasteiger partial charge in [-0.2, -0.15) is 0 Å². The SMILES string of the molecule is CCCCC/C=C\C/C=C\CCCCCCCCONC(=S)OC. The molecule has 4 heteroatoms. The van der Waals surface area contributed by atoms with Gasteiger partial charge < -0.3 is 4.74 Å². The first kappa shape index (κ1) is 23.1. The van der Waals surface area contributed by atoms with Gasteiger partial charge in [-0.3, -0.25) is 4.84 Å².